The quantitative estimate of drug-likeness (QED) is 0.755. The van der Waals surface area contributed by atoms with Crippen LogP contribution in [0, 0.1) is 0 Å². The van der Waals surface area contributed by atoms with Crippen molar-refractivity contribution in [3.05, 3.63) is 36.4 Å². The van der Waals surface area contributed by atoms with Crippen LogP contribution in [0.4, 0.5) is 0 Å². The third-order valence-electron chi connectivity index (χ3n) is 2.15. The second-order valence-electron chi connectivity index (χ2n) is 3.19. The molecule has 0 aliphatic carbocycles. The minimum atomic E-state index is -0.563. The maximum atomic E-state index is 9.78. The number of aliphatic hydroxyl groups excluding tert-OH is 1. The van der Waals surface area contributed by atoms with Gasteiger partial charge in [-0.25, -0.2) is 0 Å². The van der Waals surface area contributed by atoms with Crippen LogP contribution < -0.4 is 9.47 Å². The molecule has 1 rings (SSSR count). The molecular formula is C12H16O3. The molecule has 0 aliphatic heterocycles. The molecule has 0 aromatic heterocycles. The SMILES string of the molecule is C=CC[C@@H](O)c1cc(OC)cc(OC)c1. The Hall–Kier alpha value is -1.48. The number of aliphatic hydroxyl groups is 1. The van der Waals surface area contributed by atoms with Gasteiger partial charge in [0, 0.05) is 6.07 Å². The van der Waals surface area contributed by atoms with Crippen LogP contribution in [0.3, 0.4) is 0 Å². The zero-order valence-corrected chi connectivity index (χ0v) is 9.06. The van der Waals surface area contributed by atoms with Gasteiger partial charge < -0.3 is 14.6 Å². The van der Waals surface area contributed by atoms with E-state index in [0.29, 0.717) is 17.9 Å². The summed E-state index contributed by atoms with van der Waals surface area (Å²) in [5.41, 5.74) is 0.770. The molecule has 0 heterocycles. The number of ether oxygens (including phenoxy) is 2. The average Bonchev–Trinajstić information content (AvgIpc) is 2.28. The predicted octanol–water partition coefficient (Wildman–Crippen LogP) is 2.31. The highest BCUT2D eigenvalue weighted by atomic mass is 16.5. The van der Waals surface area contributed by atoms with Gasteiger partial charge in [-0.2, -0.15) is 0 Å². The summed E-state index contributed by atoms with van der Waals surface area (Å²) >= 11 is 0. The highest BCUT2D eigenvalue weighted by Crippen LogP contribution is 2.27. The second kappa shape index (κ2) is 5.41. The van der Waals surface area contributed by atoms with Crippen molar-refractivity contribution in [3.8, 4) is 11.5 Å². The van der Waals surface area contributed by atoms with Gasteiger partial charge in [0.05, 0.1) is 20.3 Å². The van der Waals surface area contributed by atoms with Gasteiger partial charge in [0.2, 0.25) is 0 Å². The van der Waals surface area contributed by atoms with Crippen molar-refractivity contribution >= 4 is 0 Å². The van der Waals surface area contributed by atoms with Gasteiger partial charge >= 0.3 is 0 Å². The van der Waals surface area contributed by atoms with Gasteiger partial charge in [-0.05, 0) is 24.1 Å². The summed E-state index contributed by atoms with van der Waals surface area (Å²) in [5, 5.41) is 9.78. The van der Waals surface area contributed by atoms with E-state index in [4.69, 9.17) is 9.47 Å². The van der Waals surface area contributed by atoms with Gasteiger partial charge in [-0.15, -0.1) is 6.58 Å². The van der Waals surface area contributed by atoms with Crippen LogP contribution in [0.15, 0.2) is 30.9 Å². The number of benzene rings is 1. The van der Waals surface area contributed by atoms with Crippen molar-refractivity contribution in [1.29, 1.82) is 0 Å². The molecule has 3 heteroatoms. The molecule has 1 aromatic rings. The molecular weight excluding hydrogens is 192 g/mol. The fraction of sp³-hybridized carbons (Fsp3) is 0.333. The van der Waals surface area contributed by atoms with E-state index in [1.54, 1.807) is 38.5 Å². The Morgan fingerprint density at radius 1 is 1.27 bits per heavy atom. The first kappa shape index (κ1) is 11.6. The van der Waals surface area contributed by atoms with E-state index in [1.165, 1.54) is 0 Å². The highest BCUT2D eigenvalue weighted by molar-refractivity contribution is 5.39. The molecule has 3 nitrogen and oxygen atoms in total. The molecule has 0 amide bonds. The lowest BCUT2D eigenvalue weighted by Crippen LogP contribution is -1.97. The molecule has 0 saturated heterocycles. The molecule has 0 unspecified atom stereocenters. The Kier molecular flexibility index (Phi) is 4.18. The van der Waals surface area contributed by atoms with E-state index in [1.807, 2.05) is 0 Å². The first-order valence-corrected chi connectivity index (χ1v) is 4.73. The summed E-state index contributed by atoms with van der Waals surface area (Å²) in [6.45, 7) is 3.59. The lowest BCUT2D eigenvalue weighted by Gasteiger charge is -2.12. The molecule has 0 fully saturated rings. The van der Waals surface area contributed by atoms with Crippen LogP contribution in [-0.4, -0.2) is 19.3 Å². The Bertz CT molecular complexity index is 311. The average molecular weight is 208 g/mol. The summed E-state index contributed by atoms with van der Waals surface area (Å²) in [6.07, 6.45) is 1.62. The Balaban J connectivity index is 3.00. The Morgan fingerprint density at radius 2 is 1.80 bits per heavy atom. The van der Waals surface area contributed by atoms with Crippen molar-refractivity contribution in [2.75, 3.05) is 14.2 Å². The minimum Gasteiger partial charge on any atom is -0.497 e. The second-order valence-corrected chi connectivity index (χ2v) is 3.19. The van der Waals surface area contributed by atoms with Crippen molar-refractivity contribution in [2.45, 2.75) is 12.5 Å². The predicted molar refractivity (Wildman–Crippen MR) is 59.3 cm³/mol. The Labute approximate surface area is 90.0 Å². The van der Waals surface area contributed by atoms with Gasteiger partial charge in [0.25, 0.3) is 0 Å². The molecule has 0 radical (unpaired) electrons. The third kappa shape index (κ3) is 2.99. The smallest absolute Gasteiger partial charge is 0.122 e. The molecule has 0 spiro atoms. The lowest BCUT2D eigenvalue weighted by atomic mass is 10.1. The first-order valence-electron chi connectivity index (χ1n) is 4.73. The Morgan fingerprint density at radius 3 is 2.20 bits per heavy atom. The fourth-order valence-electron chi connectivity index (χ4n) is 1.32. The van der Waals surface area contributed by atoms with Crippen LogP contribution in [0.25, 0.3) is 0 Å². The summed E-state index contributed by atoms with van der Waals surface area (Å²) in [5.74, 6) is 1.35. The maximum absolute atomic E-state index is 9.78. The summed E-state index contributed by atoms with van der Waals surface area (Å²) in [7, 11) is 3.16. The van der Waals surface area contributed by atoms with E-state index < -0.39 is 6.10 Å². The van der Waals surface area contributed by atoms with E-state index in [0.717, 1.165) is 5.56 Å². The van der Waals surface area contributed by atoms with Crippen LogP contribution >= 0.6 is 0 Å². The van der Waals surface area contributed by atoms with Crippen LogP contribution in [-0.2, 0) is 0 Å². The fourth-order valence-corrected chi connectivity index (χ4v) is 1.32. The van der Waals surface area contributed by atoms with Gasteiger partial charge in [0.15, 0.2) is 0 Å². The van der Waals surface area contributed by atoms with Crippen molar-refractivity contribution in [2.24, 2.45) is 0 Å². The van der Waals surface area contributed by atoms with Crippen LogP contribution in [0.5, 0.6) is 11.5 Å². The standard InChI is InChI=1S/C12H16O3/c1-4-5-12(13)9-6-10(14-2)8-11(7-9)15-3/h4,6-8,12-13H,1,5H2,2-3H3/t12-/m1/s1. The largest absolute Gasteiger partial charge is 0.497 e. The molecule has 1 atom stereocenters. The molecule has 1 aromatic carbocycles. The lowest BCUT2D eigenvalue weighted by molar-refractivity contribution is 0.180. The van der Waals surface area contributed by atoms with Gasteiger partial charge in [0.1, 0.15) is 11.5 Å². The summed E-state index contributed by atoms with van der Waals surface area (Å²) in [4.78, 5) is 0. The number of rotatable bonds is 5. The normalized spacial score (nSPS) is 11.9. The molecule has 15 heavy (non-hydrogen) atoms. The molecule has 1 N–H and O–H groups in total. The molecule has 0 saturated carbocycles. The third-order valence-corrected chi connectivity index (χ3v) is 2.15. The summed E-state index contributed by atoms with van der Waals surface area (Å²) in [6, 6.07) is 5.34. The van der Waals surface area contributed by atoms with Crippen LogP contribution in [0.1, 0.15) is 18.1 Å². The minimum absolute atomic E-state index is 0.510. The summed E-state index contributed by atoms with van der Waals surface area (Å²) < 4.78 is 10.2. The number of methoxy groups -OCH3 is 2. The van der Waals surface area contributed by atoms with E-state index in [9.17, 15) is 5.11 Å². The number of hydrogen-bond acceptors (Lipinski definition) is 3. The van der Waals surface area contributed by atoms with Gasteiger partial charge in [-0.1, -0.05) is 6.08 Å². The number of hydrogen-bond donors (Lipinski definition) is 1. The maximum Gasteiger partial charge on any atom is 0.122 e. The molecule has 0 bridgehead atoms. The van der Waals surface area contributed by atoms with E-state index in [2.05, 4.69) is 6.58 Å². The highest BCUT2D eigenvalue weighted by Gasteiger charge is 2.09. The van der Waals surface area contributed by atoms with E-state index >= 15 is 0 Å². The molecule has 0 aliphatic rings. The molecule has 82 valence electrons. The topological polar surface area (TPSA) is 38.7 Å². The first-order chi connectivity index (χ1) is 7.21. The monoisotopic (exact) mass is 208 g/mol. The zero-order chi connectivity index (χ0) is 11.3. The van der Waals surface area contributed by atoms with Crippen molar-refractivity contribution < 1.29 is 14.6 Å². The van der Waals surface area contributed by atoms with Crippen LogP contribution in [0.2, 0.25) is 0 Å². The van der Waals surface area contributed by atoms with Crippen molar-refractivity contribution in [3.63, 3.8) is 0 Å². The van der Waals surface area contributed by atoms with Gasteiger partial charge in [-0.3, -0.25) is 0 Å². The van der Waals surface area contributed by atoms with Crippen molar-refractivity contribution in [1.82, 2.24) is 0 Å². The zero-order valence-electron chi connectivity index (χ0n) is 9.06. The van der Waals surface area contributed by atoms with E-state index in [-0.39, 0.29) is 0 Å².